The van der Waals surface area contributed by atoms with Gasteiger partial charge in [-0.25, -0.2) is 17.6 Å². The van der Waals surface area contributed by atoms with E-state index in [0.29, 0.717) is 0 Å². The van der Waals surface area contributed by atoms with E-state index in [1.807, 2.05) is 0 Å². The molecule has 0 saturated carbocycles. The first-order valence-corrected chi connectivity index (χ1v) is 12.1. The molecule has 2 fully saturated rings. The smallest absolute Gasteiger partial charge is 0.374 e. The van der Waals surface area contributed by atoms with E-state index >= 15 is 4.39 Å². The maximum absolute atomic E-state index is 15.2. The second kappa shape index (κ2) is 8.25. The largest absolute Gasteiger partial charge is 0.435 e. The van der Waals surface area contributed by atoms with Crippen molar-refractivity contribution in [1.29, 1.82) is 0 Å². The van der Waals surface area contributed by atoms with Crippen LogP contribution in [-0.2, 0) is 31.7 Å². The molecule has 14 heteroatoms. The van der Waals surface area contributed by atoms with E-state index in [1.165, 1.54) is 17.0 Å². The Bertz CT molecular complexity index is 1260. The lowest BCUT2D eigenvalue weighted by Crippen LogP contribution is -2.62. The molecule has 5 rings (SSSR count). The number of nitrogens with zero attached hydrogens (tertiary/aromatic N) is 3. The molecule has 4 heterocycles. The topological polar surface area (TPSA) is 71.9 Å². The monoisotopic (exact) mass is 535 g/mol. The predicted molar refractivity (Wildman–Crippen MR) is 111 cm³/mol. The van der Waals surface area contributed by atoms with E-state index in [1.54, 1.807) is 0 Å². The standard InChI is InChI=1S/C22H16F7N3O3S/c23-14-3-13(4-15(24)18(14)25)21(22(27,28)29)5-16(31-35-21)11-1-2-17(30-6-11)20(26)9-32(10-20)19(33)12-7-36(34)8-12/h1-4,6,12H,5,7-10H2. The Morgan fingerprint density at radius 1 is 1.11 bits per heavy atom. The molecule has 1 aromatic heterocycles. The van der Waals surface area contributed by atoms with Crippen molar-refractivity contribution < 1.29 is 44.6 Å². The van der Waals surface area contributed by atoms with Gasteiger partial charge in [0.05, 0.1) is 36.8 Å². The van der Waals surface area contributed by atoms with Crippen molar-refractivity contribution in [2.45, 2.75) is 23.9 Å². The number of rotatable bonds is 4. The minimum atomic E-state index is -5.18. The highest BCUT2D eigenvalue weighted by Crippen LogP contribution is 2.49. The van der Waals surface area contributed by atoms with E-state index in [-0.39, 0.29) is 65.5 Å². The highest BCUT2D eigenvalue weighted by molar-refractivity contribution is 7.86. The Kier molecular flexibility index (Phi) is 5.65. The Morgan fingerprint density at radius 3 is 2.28 bits per heavy atom. The van der Waals surface area contributed by atoms with Crippen molar-refractivity contribution in [3.8, 4) is 0 Å². The molecule has 2 saturated heterocycles. The van der Waals surface area contributed by atoms with Crippen LogP contribution in [0.2, 0.25) is 0 Å². The second-order valence-corrected chi connectivity index (χ2v) is 10.5. The van der Waals surface area contributed by atoms with Crippen molar-refractivity contribution in [1.82, 2.24) is 9.88 Å². The number of hydrogen-bond acceptors (Lipinski definition) is 5. The van der Waals surface area contributed by atoms with E-state index < -0.39 is 57.7 Å². The third-order valence-electron chi connectivity index (χ3n) is 6.51. The van der Waals surface area contributed by atoms with Crippen molar-refractivity contribution in [2.75, 3.05) is 24.6 Å². The summed E-state index contributed by atoms with van der Waals surface area (Å²) in [6.45, 7) is -0.519. The minimum Gasteiger partial charge on any atom is -0.374 e. The lowest BCUT2D eigenvalue weighted by atomic mass is 9.86. The maximum Gasteiger partial charge on any atom is 0.435 e. The first-order chi connectivity index (χ1) is 16.8. The molecule has 0 spiro atoms. The summed E-state index contributed by atoms with van der Waals surface area (Å²) in [5.41, 5.74) is -6.50. The molecular weight excluding hydrogens is 519 g/mol. The van der Waals surface area contributed by atoms with Crippen LogP contribution in [0.4, 0.5) is 30.7 Å². The average Bonchev–Trinajstić information content (AvgIpc) is 3.25. The molecule has 36 heavy (non-hydrogen) atoms. The normalized spacial score (nSPS) is 27.1. The summed E-state index contributed by atoms with van der Waals surface area (Å²) in [6.07, 6.45) is -5.09. The average molecular weight is 535 g/mol. The zero-order valence-corrected chi connectivity index (χ0v) is 18.9. The fourth-order valence-electron chi connectivity index (χ4n) is 4.35. The fraction of sp³-hybridized carbons (Fsp3) is 0.409. The molecular formula is C22H16F7N3O3S. The fourth-order valence-corrected chi connectivity index (χ4v) is 5.44. The van der Waals surface area contributed by atoms with Crippen molar-refractivity contribution in [3.63, 3.8) is 0 Å². The van der Waals surface area contributed by atoms with Gasteiger partial charge in [-0.2, -0.15) is 13.2 Å². The molecule has 1 aromatic carbocycles. The summed E-state index contributed by atoms with van der Waals surface area (Å²) < 4.78 is 109. The van der Waals surface area contributed by atoms with Gasteiger partial charge in [-0.05, 0) is 24.3 Å². The van der Waals surface area contributed by atoms with Crippen LogP contribution < -0.4 is 0 Å². The number of likely N-dealkylation sites (tertiary alicyclic amines) is 1. The van der Waals surface area contributed by atoms with Crippen LogP contribution in [0.25, 0.3) is 0 Å². The van der Waals surface area contributed by atoms with Crippen LogP contribution in [0.3, 0.4) is 0 Å². The van der Waals surface area contributed by atoms with E-state index in [9.17, 15) is 35.3 Å². The van der Waals surface area contributed by atoms with Crippen LogP contribution in [0.5, 0.6) is 0 Å². The number of pyridine rings is 1. The molecule has 1 unspecified atom stereocenters. The highest BCUT2D eigenvalue weighted by Gasteiger charge is 2.62. The summed E-state index contributed by atoms with van der Waals surface area (Å²) in [7, 11) is -1.02. The van der Waals surface area contributed by atoms with E-state index in [2.05, 4.69) is 15.0 Å². The molecule has 3 aliphatic rings. The van der Waals surface area contributed by atoms with Crippen LogP contribution in [0, 0.1) is 23.4 Å². The number of hydrogen-bond donors (Lipinski definition) is 0. The van der Waals surface area contributed by atoms with Gasteiger partial charge < -0.3 is 9.74 Å². The summed E-state index contributed by atoms with van der Waals surface area (Å²) in [5, 5.41) is 3.43. The molecule has 0 radical (unpaired) electrons. The summed E-state index contributed by atoms with van der Waals surface area (Å²) in [4.78, 5) is 22.2. The zero-order valence-electron chi connectivity index (χ0n) is 18.1. The molecule has 3 aliphatic heterocycles. The van der Waals surface area contributed by atoms with Gasteiger partial charge in [0, 0.05) is 39.6 Å². The lowest BCUT2D eigenvalue weighted by Gasteiger charge is -2.46. The molecule has 1 amide bonds. The van der Waals surface area contributed by atoms with Gasteiger partial charge in [0.25, 0.3) is 5.60 Å². The molecule has 0 bridgehead atoms. The number of benzene rings is 1. The van der Waals surface area contributed by atoms with Crippen LogP contribution in [-0.4, -0.2) is 56.5 Å². The molecule has 0 N–H and O–H groups in total. The summed E-state index contributed by atoms with van der Waals surface area (Å²) >= 11 is 0. The molecule has 0 aliphatic carbocycles. The van der Waals surface area contributed by atoms with E-state index in [0.717, 1.165) is 6.20 Å². The Labute approximate surface area is 201 Å². The molecule has 192 valence electrons. The first kappa shape index (κ1) is 24.7. The van der Waals surface area contributed by atoms with Gasteiger partial charge in [0.15, 0.2) is 23.1 Å². The first-order valence-electron chi connectivity index (χ1n) is 10.6. The van der Waals surface area contributed by atoms with E-state index in [4.69, 9.17) is 0 Å². The lowest BCUT2D eigenvalue weighted by molar-refractivity contribution is -0.276. The van der Waals surface area contributed by atoms with Gasteiger partial charge in [0.2, 0.25) is 5.91 Å². The third-order valence-corrected chi connectivity index (χ3v) is 8.06. The predicted octanol–water partition coefficient (Wildman–Crippen LogP) is 3.47. The van der Waals surface area contributed by atoms with Crippen LogP contribution >= 0.6 is 0 Å². The van der Waals surface area contributed by atoms with Gasteiger partial charge in [-0.1, -0.05) is 5.16 Å². The number of halogens is 7. The second-order valence-electron chi connectivity index (χ2n) is 8.95. The number of carbonyl (C=O) groups is 1. The third kappa shape index (κ3) is 3.85. The summed E-state index contributed by atoms with van der Waals surface area (Å²) in [6, 6.07) is 2.90. The molecule has 2 aromatic rings. The van der Waals surface area contributed by atoms with Gasteiger partial charge in [-0.15, -0.1) is 0 Å². The van der Waals surface area contributed by atoms with Gasteiger partial charge >= 0.3 is 6.18 Å². The Morgan fingerprint density at radius 2 is 1.75 bits per heavy atom. The minimum absolute atomic E-state index is 0.0423. The zero-order chi connectivity index (χ0) is 26.0. The number of alkyl halides is 4. The van der Waals surface area contributed by atoms with Gasteiger partial charge in [-0.3, -0.25) is 14.0 Å². The van der Waals surface area contributed by atoms with Crippen LogP contribution in [0.15, 0.2) is 35.6 Å². The Hall–Kier alpha value is -3.03. The maximum atomic E-state index is 15.2. The number of amides is 1. The quantitative estimate of drug-likeness (QED) is 0.444. The number of carbonyl (C=O) groups excluding carboxylic acids is 1. The van der Waals surface area contributed by atoms with Crippen molar-refractivity contribution in [3.05, 3.63) is 64.7 Å². The van der Waals surface area contributed by atoms with Crippen LogP contribution in [0.1, 0.15) is 23.2 Å². The summed E-state index contributed by atoms with van der Waals surface area (Å²) in [5.74, 6) is -5.72. The van der Waals surface area contributed by atoms with Gasteiger partial charge in [0.1, 0.15) is 0 Å². The number of oxime groups is 1. The molecule has 6 nitrogen and oxygen atoms in total. The highest BCUT2D eigenvalue weighted by atomic mass is 32.2. The molecule has 1 atom stereocenters. The Balaban J connectivity index is 1.32. The SMILES string of the molecule is O=C(C1CS(=O)C1)N1CC(F)(c2ccc(C3=NOC(c4cc(F)c(F)c(F)c4)(C(F)(F)F)C3)cn2)C1. The van der Waals surface area contributed by atoms with Crippen molar-refractivity contribution in [2.24, 2.45) is 11.1 Å². The number of aromatic nitrogens is 1. The van der Waals surface area contributed by atoms with Crippen molar-refractivity contribution >= 4 is 22.4 Å².